The number of hydrogen-bond donors (Lipinski definition) is 3. The molecule has 5 heteroatoms. The molecule has 168 valence electrons. The van der Waals surface area contributed by atoms with Crippen molar-refractivity contribution in [3.05, 3.63) is 35.9 Å². The Kier molecular flexibility index (Phi) is 9.97. The maximum atomic E-state index is 9.68. The molecule has 1 saturated heterocycles. The van der Waals surface area contributed by atoms with Crippen LogP contribution in [0.25, 0.3) is 0 Å². The monoisotopic (exact) mass is 414 g/mol. The van der Waals surface area contributed by atoms with Gasteiger partial charge >= 0.3 is 0 Å². The summed E-state index contributed by atoms with van der Waals surface area (Å²) in [5.41, 5.74) is 1.49. The van der Waals surface area contributed by atoms with E-state index in [0.29, 0.717) is 6.04 Å². The fourth-order valence-corrected chi connectivity index (χ4v) is 4.73. The molecule has 0 bridgehead atoms. The average Bonchev–Trinajstić information content (AvgIpc) is 2.77. The Labute approximate surface area is 183 Å². The third-order valence-electron chi connectivity index (χ3n) is 6.61. The van der Waals surface area contributed by atoms with Crippen LogP contribution in [-0.2, 0) is 6.42 Å². The summed E-state index contributed by atoms with van der Waals surface area (Å²) in [5, 5.41) is 16.6. The van der Waals surface area contributed by atoms with E-state index in [0.717, 1.165) is 57.1 Å². The lowest BCUT2D eigenvalue weighted by Crippen LogP contribution is -2.45. The van der Waals surface area contributed by atoms with E-state index in [1.807, 2.05) is 0 Å². The summed E-state index contributed by atoms with van der Waals surface area (Å²) in [7, 11) is 0. The number of aliphatic hydroxyl groups is 1. The molecular weight excluding hydrogens is 372 g/mol. The SMILES string of the molecule is CCNC(=NCCCCN1CCC(Cc2ccccc2)CC1)NC1CCC(O)CC1. The molecule has 2 fully saturated rings. The summed E-state index contributed by atoms with van der Waals surface area (Å²) in [5.74, 6) is 1.79. The Bertz CT molecular complexity index is 605. The highest BCUT2D eigenvalue weighted by Crippen LogP contribution is 2.22. The van der Waals surface area contributed by atoms with Gasteiger partial charge in [0.2, 0.25) is 0 Å². The van der Waals surface area contributed by atoms with Gasteiger partial charge in [0.25, 0.3) is 0 Å². The molecule has 0 atom stereocenters. The molecule has 1 heterocycles. The lowest BCUT2D eigenvalue weighted by Gasteiger charge is -2.32. The van der Waals surface area contributed by atoms with Crippen molar-refractivity contribution in [3.8, 4) is 0 Å². The topological polar surface area (TPSA) is 59.9 Å². The molecule has 1 saturated carbocycles. The molecule has 1 aliphatic carbocycles. The van der Waals surface area contributed by atoms with Gasteiger partial charge < -0.3 is 20.6 Å². The highest BCUT2D eigenvalue weighted by atomic mass is 16.3. The van der Waals surface area contributed by atoms with Crippen LogP contribution in [-0.4, -0.2) is 60.8 Å². The first-order chi connectivity index (χ1) is 14.7. The Balaban J connectivity index is 1.28. The lowest BCUT2D eigenvalue weighted by molar-refractivity contribution is 0.120. The van der Waals surface area contributed by atoms with Gasteiger partial charge in [-0.2, -0.15) is 0 Å². The Morgan fingerprint density at radius 1 is 1.03 bits per heavy atom. The summed E-state index contributed by atoms with van der Waals surface area (Å²) >= 11 is 0. The van der Waals surface area contributed by atoms with E-state index < -0.39 is 0 Å². The van der Waals surface area contributed by atoms with Crippen LogP contribution in [0.1, 0.15) is 63.9 Å². The number of unbranched alkanes of at least 4 members (excludes halogenated alkanes) is 1. The van der Waals surface area contributed by atoms with E-state index in [4.69, 9.17) is 4.99 Å². The second-order valence-electron chi connectivity index (χ2n) is 9.09. The zero-order valence-corrected chi connectivity index (χ0v) is 18.9. The first-order valence-electron chi connectivity index (χ1n) is 12.2. The van der Waals surface area contributed by atoms with Crippen LogP contribution in [0.5, 0.6) is 0 Å². The maximum Gasteiger partial charge on any atom is 0.191 e. The standard InChI is InChI=1S/C25H42N4O/c1-2-26-25(28-23-10-12-24(30)13-11-23)27-16-6-7-17-29-18-14-22(15-19-29)20-21-8-4-3-5-9-21/h3-5,8-9,22-24,30H,2,6-7,10-20H2,1H3,(H2,26,27,28). The van der Waals surface area contributed by atoms with Crippen molar-refractivity contribution in [2.75, 3.05) is 32.7 Å². The van der Waals surface area contributed by atoms with Crippen molar-refractivity contribution in [1.82, 2.24) is 15.5 Å². The Hall–Kier alpha value is -1.59. The van der Waals surface area contributed by atoms with E-state index in [-0.39, 0.29) is 6.10 Å². The van der Waals surface area contributed by atoms with Crippen LogP contribution >= 0.6 is 0 Å². The van der Waals surface area contributed by atoms with E-state index in [2.05, 4.69) is 52.8 Å². The molecule has 2 aliphatic rings. The second-order valence-corrected chi connectivity index (χ2v) is 9.09. The highest BCUT2D eigenvalue weighted by molar-refractivity contribution is 5.80. The van der Waals surface area contributed by atoms with Crippen molar-refractivity contribution in [3.63, 3.8) is 0 Å². The molecule has 0 amide bonds. The van der Waals surface area contributed by atoms with Crippen molar-refractivity contribution >= 4 is 5.96 Å². The van der Waals surface area contributed by atoms with Gasteiger partial charge in [0.15, 0.2) is 5.96 Å². The number of piperidine rings is 1. The summed E-state index contributed by atoms with van der Waals surface area (Å²) in [6.45, 7) is 7.59. The summed E-state index contributed by atoms with van der Waals surface area (Å²) in [6.07, 6.45) is 10.0. The fourth-order valence-electron chi connectivity index (χ4n) is 4.73. The Morgan fingerprint density at radius 3 is 2.47 bits per heavy atom. The second kappa shape index (κ2) is 13.0. The normalized spacial score (nSPS) is 24.0. The summed E-state index contributed by atoms with van der Waals surface area (Å²) < 4.78 is 0. The largest absolute Gasteiger partial charge is 0.393 e. The molecule has 0 spiro atoms. The van der Waals surface area contributed by atoms with Crippen LogP contribution < -0.4 is 10.6 Å². The van der Waals surface area contributed by atoms with Gasteiger partial charge in [-0.1, -0.05) is 30.3 Å². The number of guanidine groups is 1. The minimum Gasteiger partial charge on any atom is -0.393 e. The fraction of sp³-hybridized carbons (Fsp3) is 0.720. The molecule has 3 N–H and O–H groups in total. The zero-order chi connectivity index (χ0) is 21.0. The van der Waals surface area contributed by atoms with Gasteiger partial charge in [0, 0.05) is 19.1 Å². The number of hydrogen-bond acceptors (Lipinski definition) is 3. The minimum atomic E-state index is -0.106. The van der Waals surface area contributed by atoms with E-state index in [9.17, 15) is 5.11 Å². The molecule has 1 aromatic carbocycles. The van der Waals surface area contributed by atoms with Crippen molar-refractivity contribution in [1.29, 1.82) is 0 Å². The number of rotatable bonds is 9. The number of aliphatic imine (C=N–C) groups is 1. The molecule has 1 aliphatic heterocycles. The van der Waals surface area contributed by atoms with Gasteiger partial charge in [0.1, 0.15) is 0 Å². The molecule has 30 heavy (non-hydrogen) atoms. The number of benzene rings is 1. The molecular formula is C25H42N4O. The van der Waals surface area contributed by atoms with E-state index in [1.54, 1.807) is 0 Å². The predicted octanol–water partition coefficient (Wildman–Crippen LogP) is 3.58. The number of nitrogens with one attached hydrogen (secondary N) is 2. The molecule has 1 aromatic rings. The van der Waals surface area contributed by atoms with Crippen LogP contribution in [0.15, 0.2) is 35.3 Å². The number of aliphatic hydroxyl groups excluding tert-OH is 1. The Morgan fingerprint density at radius 2 is 1.77 bits per heavy atom. The van der Waals surface area contributed by atoms with Crippen LogP contribution in [0.4, 0.5) is 0 Å². The lowest BCUT2D eigenvalue weighted by atomic mass is 9.90. The molecule has 5 nitrogen and oxygen atoms in total. The summed E-state index contributed by atoms with van der Waals surface area (Å²) in [6, 6.07) is 11.4. The van der Waals surface area contributed by atoms with Crippen LogP contribution in [0, 0.1) is 5.92 Å². The van der Waals surface area contributed by atoms with Gasteiger partial charge in [-0.05, 0) is 95.8 Å². The predicted molar refractivity (Wildman–Crippen MR) is 126 cm³/mol. The smallest absolute Gasteiger partial charge is 0.191 e. The van der Waals surface area contributed by atoms with Gasteiger partial charge in [-0.15, -0.1) is 0 Å². The van der Waals surface area contributed by atoms with Crippen molar-refractivity contribution in [2.45, 2.75) is 76.9 Å². The number of nitrogens with zero attached hydrogens (tertiary/aromatic N) is 2. The van der Waals surface area contributed by atoms with Gasteiger partial charge in [-0.25, -0.2) is 0 Å². The van der Waals surface area contributed by atoms with Crippen molar-refractivity contribution < 1.29 is 5.11 Å². The van der Waals surface area contributed by atoms with Gasteiger partial charge in [0.05, 0.1) is 6.10 Å². The maximum absolute atomic E-state index is 9.68. The minimum absolute atomic E-state index is 0.106. The van der Waals surface area contributed by atoms with Crippen molar-refractivity contribution in [2.24, 2.45) is 10.9 Å². The molecule has 0 aromatic heterocycles. The first-order valence-corrected chi connectivity index (χ1v) is 12.2. The third kappa shape index (κ3) is 8.27. The average molecular weight is 415 g/mol. The van der Waals surface area contributed by atoms with Crippen LogP contribution in [0.2, 0.25) is 0 Å². The highest BCUT2D eigenvalue weighted by Gasteiger charge is 2.20. The number of likely N-dealkylation sites (tertiary alicyclic amines) is 1. The van der Waals surface area contributed by atoms with Gasteiger partial charge in [-0.3, -0.25) is 4.99 Å². The van der Waals surface area contributed by atoms with E-state index >= 15 is 0 Å². The van der Waals surface area contributed by atoms with E-state index in [1.165, 1.54) is 50.9 Å². The molecule has 0 unspecified atom stereocenters. The van der Waals surface area contributed by atoms with Crippen LogP contribution in [0.3, 0.4) is 0 Å². The quantitative estimate of drug-likeness (QED) is 0.328. The molecule has 3 rings (SSSR count). The molecule has 0 radical (unpaired) electrons. The summed E-state index contributed by atoms with van der Waals surface area (Å²) in [4.78, 5) is 7.42. The first kappa shape index (κ1) is 23.1. The third-order valence-corrected chi connectivity index (χ3v) is 6.61. The zero-order valence-electron chi connectivity index (χ0n) is 18.9.